The molecule has 1 N–H and O–H groups in total. The summed E-state index contributed by atoms with van der Waals surface area (Å²) in [7, 11) is -4.15. The van der Waals surface area contributed by atoms with Crippen LogP contribution in [0.3, 0.4) is 0 Å². The molecular weight excluding hydrogens is 462 g/mol. The number of hydrogen-bond acceptors (Lipinski definition) is 7. The lowest BCUT2D eigenvalue weighted by Crippen LogP contribution is -2.38. The lowest BCUT2D eigenvalue weighted by atomic mass is 9.97. The number of aromatic nitrogens is 1. The standard InChI is InChI=1S/C20H22ClN3O5S2/c21-10-19(25)24-7-5-13(6-8-24)20-22-17(11-30-20)16-9-18(29-23-16)15-4-2-1-3-14(15)12-31(26,27)28/h1-4,11,13,18H,5-10,12H2,(H,26,27,28). The molecule has 1 fully saturated rings. The first-order valence-electron chi connectivity index (χ1n) is 9.89. The maximum atomic E-state index is 11.7. The minimum Gasteiger partial charge on any atom is -0.387 e. The third kappa shape index (κ3) is 5.25. The quantitative estimate of drug-likeness (QED) is 0.498. The van der Waals surface area contributed by atoms with Crippen LogP contribution in [0.1, 0.15) is 53.1 Å². The number of halogens is 1. The Kier molecular flexibility index (Phi) is 6.61. The summed E-state index contributed by atoms with van der Waals surface area (Å²) >= 11 is 7.22. The molecule has 4 rings (SSSR count). The van der Waals surface area contributed by atoms with Crippen molar-refractivity contribution < 1.29 is 22.6 Å². The van der Waals surface area contributed by atoms with Crippen LogP contribution in [0.4, 0.5) is 0 Å². The normalized spacial score (nSPS) is 19.9. The monoisotopic (exact) mass is 483 g/mol. The molecule has 1 aromatic carbocycles. The Balaban J connectivity index is 1.41. The third-order valence-electron chi connectivity index (χ3n) is 5.54. The number of oxime groups is 1. The number of amides is 1. The van der Waals surface area contributed by atoms with Gasteiger partial charge in [-0.05, 0) is 24.0 Å². The van der Waals surface area contributed by atoms with Crippen LogP contribution in [-0.4, -0.2) is 53.4 Å². The number of piperidine rings is 1. The van der Waals surface area contributed by atoms with Crippen molar-refractivity contribution in [2.75, 3.05) is 19.0 Å². The largest absolute Gasteiger partial charge is 0.387 e. The average molecular weight is 484 g/mol. The van der Waals surface area contributed by atoms with Crippen molar-refractivity contribution in [3.05, 3.63) is 51.5 Å². The Hall–Kier alpha value is -2.01. The smallest absolute Gasteiger partial charge is 0.269 e. The van der Waals surface area contributed by atoms with Crippen molar-refractivity contribution in [3.63, 3.8) is 0 Å². The van der Waals surface area contributed by atoms with Crippen LogP contribution in [0.15, 0.2) is 34.8 Å². The van der Waals surface area contributed by atoms with Gasteiger partial charge in [0.25, 0.3) is 10.1 Å². The highest BCUT2D eigenvalue weighted by atomic mass is 35.5. The second kappa shape index (κ2) is 9.23. The number of nitrogens with zero attached hydrogens (tertiary/aromatic N) is 3. The first-order chi connectivity index (χ1) is 14.8. The predicted octanol–water partition coefficient (Wildman–Crippen LogP) is 3.34. The van der Waals surface area contributed by atoms with Crippen molar-refractivity contribution >= 4 is 44.7 Å². The summed E-state index contributed by atoms with van der Waals surface area (Å²) in [5.74, 6) is -0.185. The van der Waals surface area contributed by atoms with Gasteiger partial charge < -0.3 is 9.74 Å². The van der Waals surface area contributed by atoms with Crippen molar-refractivity contribution in [1.82, 2.24) is 9.88 Å². The van der Waals surface area contributed by atoms with Gasteiger partial charge in [0.2, 0.25) is 5.91 Å². The van der Waals surface area contributed by atoms with Gasteiger partial charge in [0, 0.05) is 30.8 Å². The molecule has 0 aliphatic carbocycles. The molecule has 166 valence electrons. The Morgan fingerprint density at radius 2 is 2.03 bits per heavy atom. The molecule has 2 aliphatic heterocycles. The number of benzene rings is 1. The van der Waals surface area contributed by atoms with E-state index in [1.165, 1.54) is 0 Å². The number of carbonyl (C=O) groups excluding carboxylic acids is 1. The molecule has 11 heteroatoms. The van der Waals surface area contributed by atoms with E-state index in [1.54, 1.807) is 40.5 Å². The molecule has 1 aromatic heterocycles. The van der Waals surface area contributed by atoms with Crippen LogP contribution >= 0.6 is 22.9 Å². The molecule has 1 atom stereocenters. The third-order valence-corrected chi connectivity index (χ3v) is 7.45. The van der Waals surface area contributed by atoms with Gasteiger partial charge in [0.1, 0.15) is 17.3 Å². The lowest BCUT2D eigenvalue weighted by molar-refractivity contribution is -0.129. The van der Waals surface area contributed by atoms with E-state index in [9.17, 15) is 17.8 Å². The zero-order valence-corrected chi connectivity index (χ0v) is 19.0. The van der Waals surface area contributed by atoms with Gasteiger partial charge >= 0.3 is 0 Å². The summed E-state index contributed by atoms with van der Waals surface area (Å²) < 4.78 is 31.9. The molecule has 2 aromatic rings. The van der Waals surface area contributed by atoms with Crippen molar-refractivity contribution in [2.24, 2.45) is 5.16 Å². The van der Waals surface area contributed by atoms with Gasteiger partial charge in [-0.1, -0.05) is 29.4 Å². The highest BCUT2D eigenvalue weighted by Gasteiger charge is 2.30. The summed E-state index contributed by atoms with van der Waals surface area (Å²) in [4.78, 5) is 23.9. The van der Waals surface area contributed by atoms with Crippen LogP contribution in [0.25, 0.3) is 0 Å². The lowest BCUT2D eigenvalue weighted by Gasteiger charge is -2.30. The van der Waals surface area contributed by atoms with E-state index >= 15 is 0 Å². The second-order valence-corrected chi connectivity index (χ2v) is 10.2. The van der Waals surface area contributed by atoms with E-state index in [0.29, 0.717) is 42.3 Å². The average Bonchev–Trinajstić information content (AvgIpc) is 3.42. The zero-order valence-electron chi connectivity index (χ0n) is 16.6. The number of thiazole rings is 1. The zero-order chi connectivity index (χ0) is 22.0. The van der Waals surface area contributed by atoms with Crippen LogP contribution in [-0.2, 0) is 25.5 Å². The molecule has 1 unspecified atom stereocenters. The van der Waals surface area contributed by atoms with E-state index in [2.05, 4.69) is 5.16 Å². The Morgan fingerprint density at radius 3 is 2.74 bits per heavy atom. The summed E-state index contributed by atoms with van der Waals surface area (Å²) in [5.41, 5.74) is 2.65. The molecule has 8 nitrogen and oxygen atoms in total. The fourth-order valence-corrected chi connectivity index (χ4v) is 5.77. The first kappa shape index (κ1) is 22.2. The van der Waals surface area contributed by atoms with E-state index < -0.39 is 22.0 Å². The molecule has 3 heterocycles. The first-order valence-corrected chi connectivity index (χ1v) is 12.9. The van der Waals surface area contributed by atoms with E-state index in [-0.39, 0.29) is 11.8 Å². The number of rotatable bonds is 6. The molecule has 31 heavy (non-hydrogen) atoms. The van der Waals surface area contributed by atoms with Gasteiger partial charge in [0.15, 0.2) is 6.10 Å². The molecule has 0 radical (unpaired) electrons. The van der Waals surface area contributed by atoms with E-state index in [4.69, 9.17) is 21.4 Å². The highest BCUT2D eigenvalue weighted by molar-refractivity contribution is 7.85. The van der Waals surface area contributed by atoms with Crippen LogP contribution < -0.4 is 0 Å². The number of alkyl halides is 1. The maximum Gasteiger partial charge on any atom is 0.269 e. The molecular formula is C20H22ClN3O5S2. The number of likely N-dealkylation sites (tertiary alicyclic amines) is 1. The second-order valence-electron chi connectivity index (χ2n) is 7.62. The summed E-state index contributed by atoms with van der Waals surface area (Å²) in [6.07, 6.45) is 1.74. The number of carbonyl (C=O) groups is 1. The predicted molar refractivity (Wildman–Crippen MR) is 118 cm³/mol. The topological polar surface area (TPSA) is 109 Å². The van der Waals surface area contributed by atoms with Gasteiger partial charge in [-0.2, -0.15) is 8.42 Å². The molecule has 1 saturated heterocycles. The van der Waals surface area contributed by atoms with Crippen LogP contribution in [0.5, 0.6) is 0 Å². The molecule has 0 saturated carbocycles. The maximum absolute atomic E-state index is 11.7. The molecule has 0 bridgehead atoms. The van der Waals surface area contributed by atoms with Crippen LogP contribution in [0, 0.1) is 0 Å². The van der Waals surface area contributed by atoms with E-state index in [1.807, 2.05) is 5.38 Å². The fraction of sp³-hybridized carbons (Fsp3) is 0.450. The minimum atomic E-state index is -4.15. The van der Waals surface area contributed by atoms with E-state index in [0.717, 1.165) is 23.5 Å². The Labute approximate surface area is 189 Å². The summed E-state index contributed by atoms with van der Waals surface area (Å²) in [6.45, 7) is 1.36. The van der Waals surface area contributed by atoms with Crippen molar-refractivity contribution in [2.45, 2.75) is 37.0 Å². The van der Waals surface area contributed by atoms with Gasteiger partial charge in [-0.3, -0.25) is 9.35 Å². The van der Waals surface area contributed by atoms with Crippen molar-refractivity contribution in [1.29, 1.82) is 0 Å². The van der Waals surface area contributed by atoms with Crippen LogP contribution in [0.2, 0.25) is 0 Å². The fourth-order valence-electron chi connectivity index (χ4n) is 3.94. The van der Waals surface area contributed by atoms with Crippen molar-refractivity contribution in [3.8, 4) is 0 Å². The molecule has 1 amide bonds. The highest BCUT2D eigenvalue weighted by Crippen LogP contribution is 2.35. The van der Waals surface area contributed by atoms with Gasteiger partial charge in [0.05, 0.1) is 10.7 Å². The molecule has 2 aliphatic rings. The minimum absolute atomic E-state index is 0.0143. The van der Waals surface area contributed by atoms with Gasteiger partial charge in [-0.25, -0.2) is 4.98 Å². The SMILES string of the molecule is O=C(CCl)N1CCC(c2nc(C3=NOC(c4ccccc4CS(=O)(=O)O)C3)cs2)CC1. The summed E-state index contributed by atoms with van der Waals surface area (Å²) in [5, 5.41) is 7.17. The molecule has 0 spiro atoms. The Bertz CT molecular complexity index is 1090. The summed E-state index contributed by atoms with van der Waals surface area (Å²) in [6, 6.07) is 6.96. The number of hydrogen-bond donors (Lipinski definition) is 1. The Morgan fingerprint density at radius 1 is 1.29 bits per heavy atom. The van der Waals surface area contributed by atoms with Gasteiger partial charge in [-0.15, -0.1) is 22.9 Å².